The van der Waals surface area contributed by atoms with Gasteiger partial charge < -0.3 is 9.84 Å². The fraction of sp³-hybridized carbons (Fsp3) is 0.444. The van der Waals surface area contributed by atoms with Crippen molar-refractivity contribution in [2.24, 2.45) is 5.92 Å². The van der Waals surface area contributed by atoms with Gasteiger partial charge in [0.05, 0.1) is 12.6 Å². The highest BCUT2D eigenvalue weighted by Crippen LogP contribution is 2.01. The predicted octanol–water partition coefficient (Wildman–Crippen LogP) is 0.759. The van der Waals surface area contributed by atoms with Crippen LogP contribution in [0.15, 0.2) is 10.6 Å². The fourth-order valence-electron chi connectivity index (χ4n) is 0.891. The number of carbonyl (C=O) groups excluding carboxylic acids is 1. The Balaban J connectivity index is 2.42. The van der Waals surface area contributed by atoms with Gasteiger partial charge in [0.2, 0.25) is 5.91 Å². The van der Waals surface area contributed by atoms with Crippen LogP contribution in [0.1, 0.15) is 18.4 Å². The van der Waals surface area contributed by atoms with Gasteiger partial charge in [0.25, 0.3) is 0 Å². The lowest BCUT2D eigenvalue weighted by molar-refractivity contribution is -0.123. The average Bonchev–Trinajstić information content (AvgIpc) is 2.59. The minimum absolute atomic E-state index is 0.294. The van der Waals surface area contributed by atoms with E-state index >= 15 is 0 Å². The van der Waals surface area contributed by atoms with Gasteiger partial charge in [-0.2, -0.15) is 5.26 Å². The molecule has 0 bridgehead atoms. The van der Waals surface area contributed by atoms with Gasteiger partial charge in [0.1, 0.15) is 17.4 Å². The highest BCUT2D eigenvalue weighted by molar-refractivity contribution is 5.80. The molecule has 1 aromatic rings. The molecule has 14 heavy (non-hydrogen) atoms. The maximum Gasteiger partial charge on any atom is 0.237 e. The van der Waals surface area contributed by atoms with Crippen LogP contribution in [0.4, 0.5) is 0 Å². The van der Waals surface area contributed by atoms with E-state index in [1.54, 1.807) is 19.9 Å². The first-order valence-corrected chi connectivity index (χ1v) is 4.23. The molecule has 1 aromatic heterocycles. The van der Waals surface area contributed by atoms with Gasteiger partial charge in [-0.3, -0.25) is 4.79 Å². The first kappa shape index (κ1) is 10.3. The number of hydrogen-bond acceptors (Lipinski definition) is 4. The highest BCUT2D eigenvalue weighted by atomic mass is 16.5. The van der Waals surface area contributed by atoms with E-state index in [4.69, 9.17) is 9.78 Å². The van der Waals surface area contributed by atoms with E-state index in [0.717, 1.165) is 0 Å². The molecule has 1 atom stereocenters. The molecule has 0 spiro atoms. The lowest BCUT2D eigenvalue weighted by Gasteiger charge is -2.02. The van der Waals surface area contributed by atoms with Crippen molar-refractivity contribution in [2.75, 3.05) is 0 Å². The van der Waals surface area contributed by atoms with E-state index in [0.29, 0.717) is 18.0 Å². The Morgan fingerprint density at radius 1 is 1.86 bits per heavy atom. The molecule has 0 aliphatic carbocycles. The van der Waals surface area contributed by atoms with E-state index in [-0.39, 0.29) is 5.91 Å². The standard InChI is InChI=1S/C9H11N3O2/c1-6(4-10)9(13)11-5-8-3-7(2)14-12-8/h3,6H,5H2,1-2H3,(H,11,13). The molecule has 0 radical (unpaired) electrons. The molecule has 1 N–H and O–H groups in total. The van der Waals surface area contributed by atoms with Crippen LogP contribution in [0.25, 0.3) is 0 Å². The van der Waals surface area contributed by atoms with Crippen molar-refractivity contribution >= 4 is 5.91 Å². The zero-order valence-corrected chi connectivity index (χ0v) is 8.07. The number of rotatable bonds is 3. The molecule has 74 valence electrons. The van der Waals surface area contributed by atoms with Crippen molar-refractivity contribution < 1.29 is 9.32 Å². The number of aromatic nitrogens is 1. The van der Waals surface area contributed by atoms with Crippen LogP contribution in [-0.4, -0.2) is 11.1 Å². The molecule has 1 heterocycles. The zero-order valence-electron chi connectivity index (χ0n) is 8.07. The maximum absolute atomic E-state index is 11.2. The summed E-state index contributed by atoms with van der Waals surface area (Å²) in [6, 6.07) is 3.58. The molecule has 0 aliphatic rings. The summed E-state index contributed by atoms with van der Waals surface area (Å²) in [6.07, 6.45) is 0. The van der Waals surface area contributed by atoms with E-state index < -0.39 is 5.92 Å². The topological polar surface area (TPSA) is 78.9 Å². The molecule has 5 nitrogen and oxygen atoms in total. The minimum atomic E-state index is -0.636. The molecular formula is C9H11N3O2. The van der Waals surface area contributed by atoms with Gasteiger partial charge in [-0.1, -0.05) is 5.16 Å². The lowest BCUT2D eigenvalue weighted by atomic mass is 10.2. The van der Waals surface area contributed by atoms with Crippen molar-refractivity contribution in [1.29, 1.82) is 5.26 Å². The van der Waals surface area contributed by atoms with Gasteiger partial charge in [-0.15, -0.1) is 0 Å². The minimum Gasteiger partial charge on any atom is -0.361 e. The summed E-state index contributed by atoms with van der Waals surface area (Å²) in [6.45, 7) is 3.61. The first-order chi connectivity index (χ1) is 6.63. The number of amides is 1. The molecule has 1 rings (SSSR count). The zero-order chi connectivity index (χ0) is 10.6. The molecule has 5 heteroatoms. The summed E-state index contributed by atoms with van der Waals surface area (Å²) in [7, 11) is 0. The smallest absolute Gasteiger partial charge is 0.237 e. The van der Waals surface area contributed by atoms with Crippen molar-refractivity contribution in [3.63, 3.8) is 0 Å². The van der Waals surface area contributed by atoms with Crippen LogP contribution in [0.5, 0.6) is 0 Å². The van der Waals surface area contributed by atoms with E-state index in [1.165, 1.54) is 0 Å². The monoisotopic (exact) mass is 193 g/mol. The summed E-state index contributed by atoms with van der Waals surface area (Å²) < 4.78 is 4.82. The summed E-state index contributed by atoms with van der Waals surface area (Å²) >= 11 is 0. The van der Waals surface area contributed by atoms with Crippen molar-refractivity contribution in [3.8, 4) is 6.07 Å². The lowest BCUT2D eigenvalue weighted by Crippen LogP contribution is -2.27. The quantitative estimate of drug-likeness (QED) is 0.768. The fourth-order valence-corrected chi connectivity index (χ4v) is 0.891. The van der Waals surface area contributed by atoms with E-state index in [9.17, 15) is 4.79 Å². The molecule has 0 aliphatic heterocycles. The van der Waals surface area contributed by atoms with Crippen LogP contribution in [0.3, 0.4) is 0 Å². The second-order valence-electron chi connectivity index (χ2n) is 3.00. The summed E-state index contributed by atoms with van der Waals surface area (Å²) in [4.78, 5) is 11.2. The second kappa shape index (κ2) is 4.42. The number of nitriles is 1. The van der Waals surface area contributed by atoms with E-state index in [2.05, 4.69) is 10.5 Å². The highest BCUT2D eigenvalue weighted by Gasteiger charge is 2.11. The predicted molar refractivity (Wildman–Crippen MR) is 47.9 cm³/mol. The first-order valence-electron chi connectivity index (χ1n) is 4.23. The molecule has 1 unspecified atom stereocenters. The SMILES string of the molecule is Cc1cc(CNC(=O)C(C)C#N)no1. The van der Waals surface area contributed by atoms with Gasteiger partial charge in [0.15, 0.2) is 0 Å². The third-order valence-electron chi connectivity index (χ3n) is 1.71. The van der Waals surface area contributed by atoms with Crippen LogP contribution in [-0.2, 0) is 11.3 Å². The average molecular weight is 193 g/mol. The van der Waals surface area contributed by atoms with Gasteiger partial charge in [0, 0.05) is 6.07 Å². The van der Waals surface area contributed by atoms with Crippen molar-refractivity contribution in [1.82, 2.24) is 10.5 Å². The van der Waals surface area contributed by atoms with Crippen LogP contribution in [0, 0.1) is 24.2 Å². The third kappa shape index (κ3) is 2.59. The molecule has 0 fully saturated rings. The number of nitrogens with zero attached hydrogens (tertiary/aromatic N) is 2. The van der Waals surface area contributed by atoms with Crippen molar-refractivity contribution in [3.05, 3.63) is 17.5 Å². The van der Waals surface area contributed by atoms with E-state index in [1.807, 2.05) is 6.07 Å². The summed E-state index contributed by atoms with van der Waals surface area (Å²) in [5, 5.41) is 14.7. The van der Waals surface area contributed by atoms with Crippen LogP contribution in [0.2, 0.25) is 0 Å². The Bertz CT molecular complexity index is 364. The Labute approximate surface area is 81.7 Å². The second-order valence-corrected chi connectivity index (χ2v) is 3.00. The van der Waals surface area contributed by atoms with Gasteiger partial charge >= 0.3 is 0 Å². The Hall–Kier alpha value is -1.83. The summed E-state index contributed by atoms with van der Waals surface area (Å²) in [5.41, 5.74) is 0.654. The summed E-state index contributed by atoms with van der Waals surface area (Å²) in [5.74, 6) is -0.237. The maximum atomic E-state index is 11.2. The van der Waals surface area contributed by atoms with Crippen LogP contribution < -0.4 is 5.32 Å². The molecule has 0 saturated heterocycles. The number of hydrogen-bond donors (Lipinski definition) is 1. The molecule has 1 amide bonds. The normalized spacial score (nSPS) is 11.8. The van der Waals surface area contributed by atoms with Crippen LogP contribution >= 0.6 is 0 Å². The molecular weight excluding hydrogens is 182 g/mol. The molecule has 0 saturated carbocycles. The van der Waals surface area contributed by atoms with Gasteiger partial charge in [-0.25, -0.2) is 0 Å². The van der Waals surface area contributed by atoms with Crippen molar-refractivity contribution in [2.45, 2.75) is 20.4 Å². The third-order valence-corrected chi connectivity index (χ3v) is 1.71. The Morgan fingerprint density at radius 2 is 2.57 bits per heavy atom. The number of carbonyl (C=O) groups is 1. The Kier molecular flexibility index (Phi) is 3.24. The molecule has 0 aromatic carbocycles. The largest absolute Gasteiger partial charge is 0.361 e. The van der Waals surface area contributed by atoms with Gasteiger partial charge in [-0.05, 0) is 13.8 Å². The Morgan fingerprint density at radius 3 is 3.07 bits per heavy atom. The number of nitrogens with one attached hydrogen (secondary N) is 1. The number of aryl methyl sites for hydroxylation is 1.